The number of aryl methyl sites for hydroxylation is 1. The number of ether oxygens (including phenoxy) is 3. The zero-order valence-corrected chi connectivity index (χ0v) is 21.3. The van der Waals surface area contributed by atoms with E-state index in [9.17, 15) is 14.0 Å². The first-order valence-corrected chi connectivity index (χ1v) is 11.8. The van der Waals surface area contributed by atoms with Crippen LogP contribution in [0.4, 0.5) is 10.1 Å². The summed E-state index contributed by atoms with van der Waals surface area (Å²) >= 11 is 0. The second-order valence-corrected chi connectivity index (χ2v) is 8.48. The van der Waals surface area contributed by atoms with Gasteiger partial charge in [-0.25, -0.2) is 9.37 Å². The van der Waals surface area contributed by atoms with Gasteiger partial charge in [-0.1, -0.05) is 0 Å². The number of methoxy groups -OCH3 is 2. The van der Waals surface area contributed by atoms with E-state index in [1.807, 2.05) is 0 Å². The molecular weight excluding hydrogens is 503 g/mol. The molecule has 0 aliphatic heterocycles. The quantitative estimate of drug-likeness (QED) is 0.307. The van der Waals surface area contributed by atoms with Crippen LogP contribution in [-0.4, -0.2) is 34.7 Å². The Bertz CT molecular complexity index is 1730. The van der Waals surface area contributed by atoms with Gasteiger partial charge in [-0.2, -0.15) is 0 Å². The van der Waals surface area contributed by atoms with Crippen molar-refractivity contribution < 1.29 is 23.4 Å². The number of carbonyl (C=O) groups is 1. The van der Waals surface area contributed by atoms with E-state index in [1.165, 1.54) is 43.1 Å². The van der Waals surface area contributed by atoms with E-state index in [-0.39, 0.29) is 5.56 Å². The van der Waals surface area contributed by atoms with E-state index < -0.39 is 17.3 Å². The van der Waals surface area contributed by atoms with Gasteiger partial charge in [0, 0.05) is 35.9 Å². The zero-order valence-electron chi connectivity index (χ0n) is 21.3. The molecule has 0 bridgehead atoms. The molecule has 0 saturated heterocycles. The predicted molar refractivity (Wildman–Crippen MR) is 144 cm³/mol. The molecule has 0 radical (unpaired) electrons. The van der Waals surface area contributed by atoms with Crippen LogP contribution in [0.2, 0.25) is 0 Å². The molecule has 0 atom stereocenters. The first-order chi connectivity index (χ1) is 18.9. The van der Waals surface area contributed by atoms with Crippen molar-refractivity contribution in [1.29, 1.82) is 0 Å². The highest BCUT2D eigenvalue weighted by Gasteiger charge is 2.17. The van der Waals surface area contributed by atoms with Crippen molar-refractivity contribution in [2.75, 3.05) is 19.5 Å². The van der Waals surface area contributed by atoms with Gasteiger partial charge < -0.3 is 19.5 Å². The summed E-state index contributed by atoms with van der Waals surface area (Å²) in [4.78, 5) is 35.0. The highest BCUT2D eigenvalue weighted by Crippen LogP contribution is 2.34. The number of carbonyl (C=O) groups excluding carboxylic acids is 1. The van der Waals surface area contributed by atoms with E-state index in [0.717, 1.165) is 0 Å². The molecule has 0 unspecified atom stereocenters. The Morgan fingerprint density at radius 1 is 0.949 bits per heavy atom. The minimum absolute atomic E-state index is 0.0131. The fourth-order valence-electron chi connectivity index (χ4n) is 4.02. The number of nitrogens with one attached hydrogen (secondary N) is 1. The average molecular weight is 527 g/mol. The van der Waals surface area contributed by atoms with Crippen LogP contribution < -0.4 is 25.1 Å². The number of halogens is 1. The van der Waals surface area contributed by atoms with Crippen molar-refractivity contribution >= 4 is 22.6 Å². The molecule has 0 aliphatic carbocycles. The maximum atomic E-state index is 13.3. The zero-order chi connectivity index (χ0) is 27.5. The van der Waals surface area contributed by atoms with E-state index in [4.69, 9.17) is 14.2 Å². The number of rotatable bonds is 7. The molecule has 0 aliphatic rings. The Balaban J connectivity index is 1.37. The molecule has 3 heterocycles. The molecule has 0 fully saturated rings. The minimum Gasteiger partial charge on any atom is -0.491 e. The normalized spacial score (nSPS) is 10.8. The van der Waals surface area contributed by atoms with Gasteiger partial charge in [-0.05, 0) is 67.1 Å². The lowest BCUT2D eigenvalue weighted by molar-refractivity contribution is 0.102. The molecule has 9 nitrogen and oxygen atoms in total. The fraction of sp³-hybridized carbons (Fsp3) is 0.103. The van der Waals surface area contributed by atoms with E-state index >= 15 is 0 Å². The number of anilines is 1. The van der Waals surface area contributed by atoms with Crippen LogP contribution in [0.3, 0.4) is 0 Å². The van der Waals surface area contributed by atoms with Crippen molar-refractivity contribution in [2.24, 2.45) is 0 Å². The van der Waals surface area contributed by atoms with Gasteiger partial charge in [0.1, 0.15) is 22.6 Å². The second-order valence-electron chi connectivity index (χ2n) is 8.48. The van der Waals surface area contributed by atoms with E-state index in [1.54, 1.807) is 61.8 Å². The Morgan fingerprint density at radius 2 is 1.69 bits per heavy atom. The maximum Gasteiger partial charge on any atom is 0.268 e. The van der Waals surface area contributed by atoms with Crippen LogP contribution in [0.1, 0.15) is 15.9 Å². The van der Waals surface area contributed by atoms with Crippen LogP contribution >= 0.6 is 0 Å². The van der Waals surface area contributed by atoms with Gasteiger partial charge in [-0.15, -0.1) is 0 Å². The van der Waals surface area contributed by atoms with Gasteiger partial charge in [0.25, 0.3) is 17.3 Å². The Morgan fingerprint density at radius 3 is 2.38 bits per heavy atom. The first kappa shape index (κ1) is 25.4. The molecule has 0 spiro atoms. The molecule has 3 aromatic heterocycles. The number of fused-ring (bicyclic) bond motifs is 1. The number of aromatic nitrogens is 3. The van der Waals surface area contributed by atoms with Gasteiger partial charge in [0.05, 0.1) is 19.7 Å². The third-order valence-electron chi connectivity index (χ3n) is 5.99. The number of benzene rings is 2. The summed E-state index contributed by atoms with van der Waals surface area (Å²) in [7, 11) is 3.02. The number of pyridine rings is 3. The van der Waals surface area contributed by atoms with Crippen molar-refractivity contribution in [2.45, 2.75) is 6.92 Å². The number of hydrogen-bond acceptors (Lipinski definition) is 7. The number of nitrogens with zero attached hydrogens (tertiary/aromatic N) is 3. The largest absolute Gasteiger partial charge is 0.491 e. The van der Waals surface area contributed by atoms with Gasteiger partial charge in [-0.3, -0.25) is 19.1 Å². The van der Waals surface area contributed by atoms with Gasteiger partial charge >= 0.3 is 0 Å². The highest BCUT2D eigenvalue weighted by molar-refractivity contribution is 6.05. The third kappa shape index (κ3) is 5.12. The van der Waals surface area contributed by atoms with E-state index in [2.05, 4.69) is 15.3 Å². The molecule has 10 heteroatoms. The minimum atomic E-state index is -0.562. The Labute approximate surface area is 222 Å². The molecule has 0 saturated carbocycles. The van der Waals surface area contributed by atoms with Crippen molar-refractivity contribution in [3.63, 3.8) is 0 Å². The van der Waals surface area contributed by atoms with Crippen LogP contribution in [0.25, 0.3) is 16.7 Å². The molecular formula is C29H23FN4O5. The summed E-state index contributed by atoms with van der Waals surface area (Å²) in [5, 5.41) is 2.76. The number of amides is 1. The third-order valence-corrected chi connectivity index (χ3v) is 5.99. The average Bonchev–Trinajstić information content (AvgIpc) is 2.94. The SMILES string of the molecule is COc1cc2nccc(Oc3ccc(NC(=O)c4c(C)ccn(-c5ccc(F)cc5)c4=O)cc3)c2nc1OC. The Kier molecular flexibility index (Phi) is 6.92. The standard InChI is InChI=1S/C29H23FN4O5/c1-17-13-15-34(20-8-4-18(30)5-9-20)29(36)25(17)27(35)32-19-6-10-21(11-7-19)39-23-12-14-31-22-16-24(37-2)28(38-3)33-26(22)23/h4-16H,1-3H3,(H,32,35). The lowest BCUT2D eigenvalue weighted by atomic mass is 10.1. The van der Waals surface area contributed by atoms with Crippen molar-refractivity contribution in [3.05, 3.63) is 106 Å². The first-order valence-electron chi connectivity index (χ1n) is 11.8. The fourth-order valence-corrected chi connectivity index (χ4v) is 4.02. The smallest absolute Gasteiger partial charge is 0.268 e. The summed E-state index contributed by atoms with van der Waals surface area (Å²) in [5.74, 6) is 0.722. The van der Waals surface area contributed by atoms with Gasteiger partial charge in [0.2, 0.25) is 0 Å². The maximum absolute atomic E-state index is 13.3. The van der Waals surface area contributed by atoms with Crippen molar-refractivity contribution in [3.8, 4) is 28.8 Å². The van der Waals surface area contributed by atoms with Crippen molar-refractivity contribution in [1.82, 2.24) is 14.5 Å². The topological polar surface area (TPSA) is 105 Å². The predicted octanol–water partition coefficient (Wildman–Crippen LogP) is 5.29. The lowest BCUT2D eigenvalue weighted by Gasteiger charge is -2.13. The monoisotopic (exact) mass is 526 g/mol. The van der Waals surface area contributed by atoms with Gasteiger partial charge in [0.15, 0.2) is 11.5 Å². The molecule has 1 amide bonds. The molecule has 5 aromatic rings. The van der Waals surface area contributed by atoms with E-state index in [0.29, 0.717) is 51.1 Å². The lowest BCUT2D eigenvalue weighted by Crippen LogP contribution is -2.29. The highest BCUT2D eigenvalue weighted by atomic mass is 19.1. The molecule has 5 rings (SSSR count). The summed E-state index contributed by atoms with van der Waals surface area (Å²) in [5.41, 5.74) is 1.96. The summed E-state index contributed by atoms with van der Waals surface area (Å²) in [6, 6.07) is 17.2. The summed E-state index contributed by atoms with van der Waals surface area (Å²) in [6.45, 7) is 1.68. The molecule has 196 valence electrons. The number of hydrogen-bond donors (Lipinski definition) is 1. The van der Waals surface area contributed by atoms with Crippen LogP contribution in [0.5, 0.6) is 23.1 Å². The van der Waals surface area contributed by atoms with Crippen LogP contribution in [0, 0.1) is 12.7 Å². The van der Waals surface area contributed by atoms with Crippen LogP contribution in [-0.2, 0) is 0 Å². The summed E-state index contributed by atoms with van der Waals surface area (Å²) < 4.78 is 31.2. The second kappa shape index (κ2) is 10.6. The molecule has 1 N–H and O–H groups in total. The molecule has 39 heavy (non-hydrogen) atoms. The summed E-state index contributed by atoms with van der Waals surface area (Å²) in [6.07, 6.45) is 3.15. The van der Waals surface area contributed by atoms with Crippen LogP contribution in [0.15, 0.2) is 83.9 Å². The molecule has 2 aromatic carbocycles. The Hall–Kier alpha value is -5.25.